The summed E-state index contributed by atoms with van der Waals surface area (Å²) in [7, 11) is 0. The number of benzene rings is 1. The summed E-state index contributed by atoms with van der Waals surface area (Å²) in [5.74, 6) is 0. The van der Waals surface area contributed by atoms with E-state index in [4.69, 9.17) is 0 Å². The first kappa shape index (κ1) is 12.2. The molecule has 0 aliphatic carbocycles. The van der Waals surface area contributed by atoms with E-state index >= 15 is 0 Å². The first-order valence-corrected chi connectivity index (χ1v) is 5.49. The number of aliphatic hydroxyl groups excluding tert-OH is 1. The number of hydrogen-bond acceptors (Lipinski definition) is 2. The summed E-state index contributed by atoms with van der Waals surface area (Å²) < 4.78 is 0. The van der Waals surface area contributed by atoms with Gasteiger partial charge in [-0.15, -0.1) is 0 Å². The van der Waals surface area contributed by atoms with E-state index in [1.807, 2.05) is 0 Å². The van der Waals surface area contributed by atoms with Crippen molar-refractivity contribution in [2.24, 2.45) is 0 Å². The predicted molar refractivity (Wildman–Crippen MR) is 64.0 cm³/mol. The van der Waals surface area contributed by atoms with Gasteiger partial charge in [-0.25, -0.2) is 0 Å². The molecule has 1 aromatic rings. The highest BCUT2D eigenvalue weighted by Crippen LogP contribution is 2.21. The molecule has 2 heteroatoms. The number of aliphatic hydroxyl groups is 1. The van der Waals surface area contributed by atoms with Crippen molar-refractivity contribution in [3.05, 3.63) is 34.9 Å². The van der Waals surface area contributed by atoms with E-state index in [0.29, 0.717) is 6.04 Å². The summed E-state index contributed by atoms with van der Waals surface area (Å²) >= 11 is 0. The van der Waals surface area contributed by atoms with Gasteiger partial charge in [-0.2, -0.15) is 0 Å². The Morgan fingerprint density at radius 2 is 1.73 bits per heavy atom. The van der Waals surface area contributed by atoms with Crippen LogP contribution in [0.25, 0.3) is 0 Å². The van der Waals surface area contributed by atoms with Gasteiger partial charge in [-0.3, -0.25) is 0 Å². The van der Waals surface area contributed by atoms with Gasteiger partial charge in [-0.1, -0.05) is 32.0 Å². The van der Waals surface area contributed by atoms with Crippen molar-refractivity contribution in [1.82, 2.24) is 5.32 Å². The summed E-state index contributed by atoms with van der Waals surface area (Å²) in [6.45, 7) is 8.51. The molecule has 0 fully saturated rings. The second-order valence-electron chi connectivity index (χ2n) is 4.36. The van der Waals surface area contributed by atoms with Gasteiger partial charge < -0.3 is 10.4 Å². The number of rotatable bonds is 4. The zero-order valence-electron chi connectivity index (χ0n) is 10.0. The van der Waals surface area contributed by atoms with Crippen LogP contribution in [-0.4, -0.2) is 17.8 Å². The van der Waals surface area contributed by atoms with Gasteiger partial charge in [0.2, 0.25) is 0 Å². The predicted octanol–water partition coefficient (Wildman–Crippen LogP) is 2.33. The van der Waals surface area contributed by atoms with Gasteiger partial charge in [0, 0.05) is 6.04 Å². The van der Waals surface area contributed by atoms with Crippen molar-refractivity contribution in [3.63, 3.8) is 0 Å². The Balaban J connectivity index is 3.00. The SMILES string of the molecule is Cc1cccc(C)c1C(CO)NC(C)C. The van der Waals surface area contributed by atoms with Crippen molar-refractivity contribution >= 4 is 0 Å². The molecule has 0 aliphatic rings. The minimum Gasteiger partial charge on any atom is -0.394 e. The first-order valence-electron chi connectivity index (χ1n) is 5.49. The topological polar surface area (TPSA) is 32.3 Å². The van der Waals surface area contributed by atoms with Crippen LogP contribution in [0.3, 0.4) is 0 Å². The van der Waals surface area contributed by atoms with E-state index < -0.39 is 0 Å². The Morgan fingerprint density at radius 3 is 2.13 bits per heavy atom. The molecule has 1 atom stereocenters. The molecule has 0 spiro atoms. The maximum Gasteiger partial charge on any atom is 0.0626 e. The van der Waals surface area contributed by atoms with Crippen LogP contribution in [0.2, 0.25) is 0 Å². The maximum atomic E-state index is 9.41. The van der Waals surface area contributed by atoms with Crippen LogP contribution in [0.15, 0.2) is 18.2 Å². The highest BCUT2D eigenvalue weighted by molar-refractivity contribution is 5.36. The van der Waals surface area contributed by atoms with Gasteiger partial charge in [0.25, 0.3) is 0 Å². The fraction of sp³-hybridized carbons (Fsp3) is 0.538. The largest absolute Gasteiger partial charge is 0.394 e. The number of hydrogen-bond donors (Lipinski definition) is 2. The Hall–Kier alpha value is -0.860. The summed E-state index contributed by atoms with van der Waals surface area (Å²) in [5, 5.41) is 12.8. The van der Waals surface area contributed by atoms with Crippen molar-refractivity contribution in [1.29, 1.82) is 0 Å². The molecule has 84 valence electrons. The fourth-order valence-corrected chi connectivity index (χ4v) is 2.01. The minimum atomic E-state index is 0.0474. The molecule has 1 aromatic carbocycles. The Bertz CT molecular complexity index is 300. The van der Waals surface area contributed by atoms with Crippen molar-refractivity contribution in [3.8, 4) is 0 Å². The third-order valence-electron chi connectivity index (χ3n) is 2.61. The van der Waals surface area contributed by atoms with E-state index in [1.54, 1.807) is 0 Å². The molecule has 0 radical (unpaired) electrons. The van der Waals surface area contributed by atoms with Gasteiger partial charge in [-0.05, 0) is 30.5 Å². The second kappa shape index (κ2) is 5.29. The Morgan fingerprint density at radius 1 is 1.20 bits per heavy atom. The maximum absolute atomic E-state index is 9.41. The summed E-state index contributed by atoms with van der Waals surface area (Å²) in [4.78, 5) is 0. The standard InChI is InChI=1S/C13H21NO/c1-9(2)14-12(8-15)13-10(3)6-5-7-11(13)4/h5-7,9,12,14-15H,8H2,1-4H3. The molecule has 2 nitrogen and oxygen atoms in total. The van der Waals surface area contributed by atoms with Crippen molar-refractivity contribution < 1.29 is 5.11 Å². The smallest absolute Gasteiger partial charge is 0.0626 e. The lowest BCUT2D eigenvalue weighted by Crippen LogP contribution is -2.31. The molecule has 1 rings (SSSR count). The Labute approximate surface area is 92.3 Å². The first-order chi connectivity index (χ1) is 7.06. The van der Waals surface area contributed by atoms with Crippen LogP contribution < -0.4 is 5.32 Å². The molecule has 2 N–H and O–H groups in total. The number of nitrogens with one attached hydrogen (secondary N) is 1. The van der Waals surface area contributed by atoms with Crippen LogP contribution >= 0.6 is 0 Å². The van der Waals surface area contributed by atoms with Gasteiger partial charge in [0.1, 0.15) is 0 Å². The van der Waals surface area contributed by atoms with E-state index in [9.17, 15) is 5.11 Å². The van der Waals surface area contributed by atoms with Crippen LogP contribution in [-0.2, 0) is 0 Å². The summed E-state index contributed by atoms with van der Waals surface area (Å²) in [5.41, 5.74) is 3.71. The lowest BCUT2D eigenvalue weighted by molar-refractivity contribution is 0.236. The second-order valence-corrected chi connectivity index (χ2v) is 4.36. The molecule has 0 amide bonds. The zero-order valence-corrected chi connectivity index (χ0v) is 10.0. The van der Waals surface area contributed by atoms with E-state index in [0.717, 1.165) is 0 Å². The van der Waals surface area contributed by atoms with E-state index in [2.05, 4.69) is 51.2 Å². The third-order valence-corrected chi connectivity index (χ3v) is 2.61. The third kappa shape index (κ3) is 3.05. The normalized spacial score (nSPS) is 13.2. The lowest BCUT2D eigenvalue weighted by atomic mass is 9.96. The number of aryl methyl sites for hydroxylation is 2. The average Bonchev–Trinajstić information content (AvgIpc) is 2.15. The molecule has 15 heavy (non-hydrogen) atoms. The summed E-state index contributed by atoms with van der Waals surface area (Å²) in [6, 6.07) is 6.66. The molecule has 1 unspecified atom stereocenters. The lowest BCUT2D eigenvalue weighted by Gasteiger charge is -2.23. The molecular formula is C13H21NO. The molecule has 0 aliphatic heterocycles. The highest BCUT2D eigenvalue weighted by atomic mass is 16.3. The zero-order chi connectivity index (χ0) is 11.4. The molecule has 0 heterocycles. The fourth-order valence-electron chi connectivity index (χ4n) is 2.01. The highest BCUT2D eigenvalue weighted by Gasteiger charge is 2.15. The van der Waals surface area contributed by atoms with Crippen LogP contribution in [0.4, 0.5) is 0 Å². The quantitative estimate of drug-likeness (QED) is 0.794. The minimum absolute atomic E-state index is 0.0474. The van der Waals surface area contributed by atoms with Gasteiger partial charge >= 0.3 is 0 Å². The van der Waals surface area contributed by atoms with E-state index in [1.165, 1.54) is 16.7 Å². The van der Waals surface area contributed by atoms with E-state index in [-0.39, 0.29) is 12.6 Å². The van der Waals surface area contributed by atoms with Gasteiger partial charge in [0.05, 0.1) is 12.6 Å². The van der Waals surface area contributed by atoms with Crippen LogP contribution in [0.1, 0.15) is 36.6 Å². The van der Waals surface area contributed by atoms with Crippen LogP contribution in [0.5, 0.6) is 0 Å². The van der Waals surface area contributed by atoms with Crippen LogP contribution in [0, 0.1) is 13.8 Å². The van der Waals surface area contributed by atoms with Gasteiger partial charge in [0.15, 0.2) is 0 Å². The molecular weight excluding hydrogens is 186 g/mol. The summed E-state index contributed by atoms with van der Waals surface area (Å²) in [6.07, 6.45) is 0. The molecule has 0 aromatic heterocycles. The Kier molecular flexibility index (Phi) is 4.30. The molecule has 0 saturated heterocycles. The van der Waals surface area contributed by atoms with Crippen molar-refractivity contribution in [2.45, 2.75) is 39.8 Å². The molecule has 0 saturated carbocycles. The molecule has 0 bridgehead atoms. The van der Waals surface area contributed by atoms with Crippen molar-refractivity contribution in [2.75, 3.05) is 6.61 Å². The average molecular weight is 207 g/mol. The monoisotopic (exact) mass is 207 g/mol.